The van der Waals surface area contributed by atoms with E-state index in [4.69, 9.17) is 4.74 Å². The monoisotopic (exact) mass is 428 g/mol. The van der Waals surface area contributed by atoms with Gasteiger partial charge in [-0.05, 0) is 55.7 Å². The van der Waals surface area contributed by atoms with Crippen LogP contribution in [0.15, 0.2) is 59.5 Å². The number of carbonyl (C=O) groups is 1. The summed E-state index contributed by atoms with van der Waals surface area (Å²) in [7, 11) is -3.47. The lowest BCUT2D eigenvalue weighted by molar-refractivity contribution is -0.111. The molecule has 2 aromatic rings. The van der Waals surface area contributed by atoms with Gasteiger partial charge in [-0.1, -0.05) is 37.1 Å². The number of benzene rings is 2. The highest BCUT2D eigenvalue weighted by Crippen LogP contribution is 2.24. The number of sulfonamides is 1. The zero-order valence-electron chi connectivity index (χ0n) is 17.2. The number of carbonyl (C=O) groups excluding carboxylic acids is 1. The summed E-state index contributed by atoms with van der Waals surface area (Å²) in [5, 5.41) is 2.80. The van der Waals surface area contributed by atoms with Gasteiger partial charge in [-0.3, -0.25) is 4.79 Å². The number of nitrogens with one attached hydrogen (secondary N) is 1. The fourth-order valence-electron chi connectivity index (χ4n) is 3.38. The highest BCUT2D eigenvalue weighted by molar-refractivity contribution is 7.89. The summed E-state index contributed by atoms with van der Waals surface area (Å²) in [5.41, 5.74) is 1.35. The molecule has 0 spiro atoms. The summed E-state index contributed by atoms with van der Waals surface area (Å²) >= 11 is 0. The van der Waals surface area contributed by atoms with Gasteiger partial charge < -0.3 is 10.1 Å². The van der Waals surface area contributed by atoms with Crippen molar-refractivity contribution < 1.29 is 17.9 Å². The number of rotatable bonds is 7. The van der Waals surface area contributed by atoms with E-state index in [2.05, 4.69) is 5.32 Å². The van der Waals surface area contributed by atoms with Crippen molar-refractivity contribution in [2.45, 2.75) is 37.5 Å². The number of ether oxygens (including phenoxy) is 1. The van der Waals surface area contributed by atoms with Crippen LogP contribution in [-0.4, -0.2) is 38.3 Å². The van der Waals surface area contributed by atoms with E-state index in [9.17, 15) is 13.2 Å². The van der Waals surface area contributed by atoms with Crippen molar-refractivity contribution in [1.82, 2.24) is 4.31 Å². The van der Waals surface area contributed by atoms with Crippen molar-refractivity contribution in [1.29, 1.82) is 0 Å². The fraction of sp³-hybridized carbons (Fsp3) is 0.348. The summed E-state index contributed by atoms with van der Waals surface area (Å²) < 4.78 is 32.8. The molecule has 1 amide bonds. The average Bonchev–Trinajstić information content (AvgIpc) is 3.04. The summed E-state index contributed by atoms with van der Waals surface area (Å²) in [5.74, 6) is 0.327. The molecule has 3 rings (SSSR count). The Hall–Kier alpha value is -2.64. The van der Waals surface area contributed by atoms with E-state index < -0.39 is 10.0 Å². The predicted molar refractivity (Wildman–Crippen MR) is 119 cm³/mol. The summed E-state index contributed by atoms with van der Waals surface area (Å²) in [4.78, 5) is 12.5. The summed E-state index contributed by atoms with van der Waals surface area (Å²) in [6.45, 7) is 3.55. The normalized spacial score (nSPS) is 15.6. The van der Waals surface area contributed by atoms with Crippen molar-refractivity contribution >= 4 is 27.7 Å². The van der Waals surface area contributed by atoms with E-state index in [0.29, 0.717) is 31.1 Å². The Kier molecular flexibility index (Phi) is 7.65. The van der Waals surface area contributed by atoms with Crippen molar-refractivity contribution in [3.8, 4) is 5.75 Å². The first-order chi connectivity index (χ1) is 14.5. The van der Waals surface area contributed by atoms with Gasteiger partial charge in [-0.25, -0.2) is 8.42 Å². The van der Waals surface area contributed by atoms with Crippen LogP contribution in [-0.2, 0) is 14.8 Å². The molecule has 1 fully saturated rings. The first-order valence-electron chi connectivity index (χ1n) is 10.3. The van der Waals surface area contributed by atoms with Crippen molar-refractivity contribution in [3.63, 3.8) is 0 Å². The quantitative estimate of drug-likeness (QED) is 0.667. The molecule has 0 unspecified atom stereocenters. The molecule has 1 aliphatic rings. The van der Waals surface area contributed by atoms with Gasteiger partial charge in [-0.15, -0.1) is 0 Å². The van der Waals surface area contributed by atoms with Gasteiger partial charge >= 0.3 is 0 Å². The minimum atomic E-state index is -3.47. The third kappa shape index (κ3) is 5.70. The van der Waals surface area contributed by atoms with Crippen LogP contribution in [0.4, 0.5) is 5.69 Å². The molecule has 30 heavy (non-hydrogen) atoms. The lowest BCUT2D eigenvalue weighted by Crippen LogP contribution is -2.31. The van der Waals surface area contributed by atoms with Crippen LogP contribution in [0.1, 0.15) is 38.2 Å². The summed E-state index contributed by atoms with van der Waals surface area (Å²) in [6.07, 6.45) is 7.03. The molecule has 6 nitrogen and oxygen atoms in total. The van der Waals surface area contributed by atoms with E-state index in [-0.39, 0.29) is 10.8 Å². The molecule has 1 heterocycles. The van der Waals surface area contributed by atoms with Gasteiger partial charge in [0.2, 0.25) is 15.9 Å². The van der Waals surface area contributed by atoms with Crippen LogP contribution >= 0.6 is 0 Å². The number of hydrogen-bond donors (Lipinski definition) is 1. The molecule has 1 saturated heterocycles. The van der Waals surface area contributed by atoms with Gasteiger partial charge in [0.05, 0.1) is 17.2 Å². The van der Waals surface area contributed by atoms with E-state index >= 15 is 0 Å². The molecule has 160 valence electrons. The minimum Gasteiger partial charge on any atom is -0.492 e. The van der Waals surface area contributed by atoms with Gasteiger partial charge in [0, 0.05) is 19.2 Å². The second kappa shape index (κ2) is 10.4. The zero-order valence-corrected chi connectivity index (χ0v) is 18.0. The van der Waals surface area contributed by atoms with Crippen LogP contribution in [0.3, 0.4) is 0 Å². The smallest absolute Gasteiger partial charge is 0.248 e. The molecule has 1 aliphatic heterocycles. The van der Waals surface area contributed by atoms with E-state index in [1.165, 1.54) is 6.08 Å². The predicted octanol–water partition coefficient (Wildman–Crippen LogP) is 4.30. The molecule has 0 aliphatic carbocycles. The maximum atomic E-state index is 12.8. The first-order valence-corrected chi connectivity index (χ1v) is 11.8. The second-order valence-corrected chi connectivity index (χ2v) is 9.08. The molecule has 0 saturated carbocycles. The first kappa shape index (κ1) is 22.1. The van der Waals surface area contributed by atoms with E-state index in [1.54, 1.807) is 46.8 Å². The van der Waals surface area contributed by atoms with Crippen molar-refractivity contribution in [2.75, 3.05) is 25.0 Å². The van der Waals surface area contributed by atoms with Crippen molar-refractivity contribution in [3.05, 3.63) is 60.2 Å². The fourth-order valence-corrected chi connectivity index (χ4v) is 4.90. The number of nitrogens with zero attached hydrogens (tertiary/aromatic N) is 1. The Labute approximate surface area is 178 Å². The van der Waals surface area contributed by atoms with Gasteiger partial charge in [0.1, 0.15) is 5.75 Å². The lowest BCUT2D eigenvalue weighted by Gasteiger charge is -2.19. The van der Waals surface area contributed by atoms with E-state index in [1.807, 2.05) is 19.1 Å². The lowest BCUT2D eigenvalue weighted by atomic mass is 10.2. The number of para-hydroxylation sites is 2. The molecule has 0 atom stereocenters. The number of hydrogen-bond acceptors (Lipinski definition) is 4. The van der Waals surface area contributed by atoms with Gasteiger partial charge in [-0.2, -0.15) is 4.31 Å². The number of anilines is 1. The topological polar surface area (TPSA) is 75.7 Å². The van der Waals surface area contributed by atoms with Crippen LogP contribution in [0.5, 0.6) is 5.75 Å². The molecule has 0 radical (unpaired) electrons. The maximum Gasteiger partial charge on any atom is 0.248 e. The van der Waals surface area contributed by atoms with E-state index in [0.717, 1.165) is 31.2 Å². The van der Waals surface area contributed by atoms with Crippen LogP contribution < -0.4 is 10.1 Å². The highest BCUT2D eigenvalue weighted by Gasteiger charge is 2.24. The highest BCUT2D eigenvalue weighted by atomic mass is 32.2. The molecule has 2 aromatic carbocycles. The third-order valence-electron chi connectivity index (χ3n) is 4.95. The molecule has 0 aromatic heterocycles. The molecular formula is C23H28N2O4S. The molecular weight excluding hydrogens is 400 g/mol. The Balaban J connectivity index is 1.65. The van der Waals surface area contributed by atoms with Crippen LogP contribution in [0, 0.1) is 0 Å². The molecule has 1 N–H and O–H groups in total. The Morgan fingerprint density at radius 2 is 1.70 bits per heavy atom. The van der Waals surface area contributed by atoms with Crippen molar-refractivity contribution in [2.24, 2.45) is 0 Å². The zero-order chi connectivity index (χ0) is 21.4. The average molecular weight is 429 g/mol. The third-order valence-corrected chi connectivity index (χ3v) is 6.87. The molecule has 0 bridgehead atoms. The Morgan fingerprint density at radius 3 is 2.37 bits per heavy atom. The van der Waals surface area contributed by atoms with Crippen LogP contribution in [0.25, 0.3) is 6.08 Å². The van der Waals surface area contributed by atoms with Crippen LogP contribution in [0.2, 0.25) is 0 Å². The largest absolute Gasteiger partial charge is 0.492 e. The molecule has 7 heteroatoms. The SMILES string of the molecule is CCOc1ccccc1NC(=O)C=Cc1ccc(S(=O)(=O)N2CCCCCC2)cc1. The Bertz CT molecular complexity index is 977. The summed E-state index contributed by atoms with van der Waals surface area (Å²) in [6, 6.07) is 13.9. The van der Waals surface area contributed by atoms with Gasteiger partial charge in [0.25, 0.3) is 0 Å². The minimum absolute atomic E-state index is 0.289. The van der Waals surface area contributed by atoms with Gasteiger partial charge in [0.15, 0.2) is 0 Å². The standard InChI is InChI=1S/C23H28N2O4S/c1-2-29-22-10-6-5-9-21(22)24-23(26)16-13-19-11-14-20(15-12-19)30(27,28)25-17-7-3-4-8-18-25/h5-6,9-16H,2-4,7-8,17-18H2,1H3,(H,24,26). The number of amides is 1. The second-order valence-electron chi connectivity index (χ2n) is 7.14. The maximum absolute atomic E-state index is 12.8. The Morgan fingerprint density at radius 1 is 1.03 bits per heavy atom.